The normalized spacial score (nSPS) is 10.6. The molecule has 1 aromatic rings. The molecule has 0 saturated carbocycles. The van der Waals surface area contributed by atoms with Crippen LogP contribution in [0, 0.1) is 0 Å². The largest absolute Gasteiger partial charge is 0.392 e. The Morgan fingerprint density at radius 2 is 1.94 bits per heavy atom. The summed E-state index contributed by atoms with van der Waals surface area (Å²) in [5.74, 6) is 0.587. The number of thioether (sulfide) groups is 1. The lowest BCUT2D eigenvalue weighted by Gasteiger charge is -2.21. The minimum Gasteiger partial charge on any atom is -0.392 e. The van der Waals surface area contributed by atoms with E-state index in [9.17, 15) is 4.79 Å². The van der Waals surface area contributed by atoms with Crippen molar-refractivity contribution in [3.63, 3.8) is 0 Å². The van der Waals surface area contributed by atoms with E-state index in [1.165, 1.54) is 11.8 Å². The minimum absolute atomic E-state index is 0.0555. The van der Waals surface area contributed by atoms with Gasteiger partial charge in [0.2, 0.25) is 5.91 Å². The molecule has 0 heterocycles. The number of rotatable bonds is 5. The Balaban J connectivity index is 2.47. The van der Waals surface area contributed by atoms with Crippen molar-refractivity contribution in [3.05, 3.63) is 29.8 Å². The monoisotopic (exact) mass is 253 g/mol. The topological polar surface area (TPSA) is 40.5 Å². The summed E-state index contributed by atoms with van der Waals surface area (Å²) < 4.78 is 0. The molecule has 0 bridgehead atoms. The highest BCUT2D eigenvalue weighted by Gasteiger charge is 2.11. The number of hydrogen-bond donors (Lipinski definition) is 1. The molecular formula is C13H19NO2S. The van der Waals surface area contributed by atoms with E-state index >= 15 is 0 Å². The van der Waals surface area contributed by atoms with Crippen molar-refractivity contribution >= 4 is 17.7 Å². The Labute approximate surface area is 107 Å². The molecule has 94 valence electrons. The van der Waals surface area contributed by atoms with Crippen molar-refractivity contribution in [1.29, 1.82) is 0 Å². The van der Waals surface area contributed by atoms with Gasteiger partial charge >= 0.3 is 0 Å². The molecule has 3 nitrogen and oxygen atoms in total. The lowest BCUT2D eigenvalue weighted by Crippen LogP contribution is -2.34. The fourth-order valence-electron chi connectivity index (χ4n) is 1.23. The highest BCUT2D eigenvalue weighted by Crippen LogP contribution is 2.19. The van der Waals surface area contributed by atoms with Crippen LogP contribution < -0.4 is 0 Å². The Bertz CT molecular complexity index is 362. The maximum atomic E-state index is 11.7. The van der Waals surface area contributed by atoms with Crippen molar-refractivity contribution in [2.24, 2.45) is 0 Å². The summed E-state index contributed by atoms with van der Waals surface area (Å²) in [5.41, 5.74) is 0.889. The molecule has 0 saturated heterocycles. The quantitative estimate of drug-likeness (QED) is 0.817. The lowest BCUT2D eigenvalue weighted by atomic mass is 10.2. The number of nitrogens with zero attached hydrogens (tertiary/aromatic N) is 1. The van der Waals surface area contributed by atoms with Crippen molar-refractivity contribution in [1.82, 2.24) is 4.90 Å². The third-order valence-electron chi connectivity index (χ3n) is 2.64. The molecule has 17 heavy (non-hydrogen) atoms. The molecule has 0 fully saturated rings. The average Bonchev–Trinajstić information content (AvgIpc) is 2.35. The first-order chi connectivity index (χ1) is 8.04. The summed E-state index contributed by atoms with van der Waals surface area (Å²) >= 11 is 1.52. The Morgan fingerprint density at radius 1 is 1.35 bits per heavy atom. The number of aliphatic hydroxyl groups excluding tert-OH is 1. The van der Waals surface area contributed by atoms with Gasteiger partial charge in [-0.25, -0.2) is 0 Å². The molecule has 4 heteroatoms. The molecule has 0 atom stereocenters. The summed E-state index contributed by atoms with van der Waals surface area (Å²) in [6.07, 6.45) is 0. The second-order valence-corrected chi connectivity index (χ2v) is 5.24. The van der Waals surface area contributed by atoms with Gasteiger partial charge in [-0.15, -0.1) is 11.8 Å². The van der Waals surface area contributed by atoms with Crippen LogP contribution in [0.4, 0.5) is 0 Å². The van der Waals surface area contributed by atoms with Crippen LogP contribution in [0.25, 0.3) is 0 Å². The van der Waals surface area contributed by atoms with E-state index in [2.05, 4.69) is 0 Å². The number of carbonyl (C=O) groups is 1. The molecule has 0 aliphatic carbocycles. The molecule has 0 radical (unpaired) electrons. The molecule has 0 aliphatic rings. The van der Waals surface area contributed by atoms with Gasteiger partial charge in [-0.05, 0) is 31.5 Å². The maximum absolute atomic E-state index is 11.7. The van der Waals surface area contributed by atoms with Crippen molar-refractivity contribution in [2.75, 3.05) is 12.8 Å². The third kappa shape index (κ3) is 4.40. The van der Waals surface area contributed by atoms with E-state index in [1.807, 2.05) is 45.2 Å². The van der Waals surface area contributed by atoms with Gasteiger partial charge in [0, 0.05) is 18.0 Å². The second-order valence-electron chi connectivity index (χ2n) is 4.19. The predicted octanol–water partition coefficient (Wildman–Crippen LogP) is 2.14. The summed E-state index contributed by atoms with van der Waals surface area (Å²) in [6, 6.07) is 7.84. The highest BCUT2D eigenvalue weighted by atomic mass is 32.2. The second kappa shape index (κ2) is 6.67. The van der Waals surface area contributed by atoms with Crippen molar-refractivity contribution in [3.8, 4) is 0 Å². The summed E-state index contributed by atoms with van der Waals surface area (Å²) in [6.45, 7) is 4.05. The molecule has 0 aliphatic heterocycles. The number of hydrogen-bond acceptors (Lipinski definition) is 3. The van der Waals surface area contributed by atoms with E-state index in [4.69, 9.17) is 5.11 Å². The van der Waals surface area contributed by atoms with E-state index in [0.29, 0.717) is 5.75 Å². The lowest BCUT2D eigenvalue weighted by molar-refractivity contribution is -0.128. The molecule has 0 unspecified atom stereocenters. The van der Waals surface area contributed by atoms with E-state index in [1.54, 1.807) is 4.90 Å². The van der Waals surface area contributed by atoms with Crippen LogP contribution in [0.5, 0.6) is 0 Å². The number of carbonyl (C=O) groups excluding carboxylic acids is 1. The van der Waals surface area contributed by atoms with Crippen LogP contribution in [0.2, 0.25) is 0 Å². The maximum Gasteiger partial charge on any atom is 0.232 e. The molecular weight excluding hydrogens is 234 g/mol. The first-order valence-corrected chi connectivity index (χ1v) is 6.61. The zero-order valence-electron chi connectivity index (χ0n) is 10.5. The fraction of sp³-hybridized carbons (Fsp3) is 0.462. The number of benzene rings is 1. The standard InChI is InChI=1S/C13H19NO2S/c1-10(2)14(3)13(16)9-17-12-6-4-11(8-15)5-7-12/h4-7,10,15H,8-9H2,1-3H3. The Kier molecular flexibility index (Phi) is 5.51. The zero-order valence-corrected chi connectivity index (χ0v) is 11.3. The van der Waals surface area contributed by atoms with Crippen LogP contribution in [0.1, 0.15) is 19.4 Å². The first-order valence-electron chi connectivity index (χ1n) is 5.63. The van der Waals surface area contributed by atoms with Gasteiger partial charge in [0.15, 0.2) is 0 Å². The van der Waals surface area contributed by atoms with Crippen LogP contribution in [0.15, 0.2) is 29.2 Å². The van der Waals surface area contributed by atoms with E-state index < -0.39 is 0 Å². The van der Waals surface area contributed by atoms with Gasteiger partial charge in [0.1, 0.15) is 0 Å². The molecule has 1 amide bonds. The molecule has 1 rings (SSSR count). The number of aliphatic hydroxyl groups is 1. The fourth-order valence-corrected chi connectivity index (χ4v) is 2.05. The first kappa shape index (κ1) is 14.1. The predicted molar refractivity (Wildman–Crippen MR) is 71.0 cm³/mol. The van der Waals surface area contributed by atoms with Crippen LogP contribution in [-0.4, -0.2) is 34.8 Å². The van der Waals surface area contributed by atoms with Crippen molar-refractivity contribution in [2.45, 2.75) is 31.4 Å². The van der Waals surface area contributed by atoms with Gasteiger partial charge in [-0.2, -0.15) is 0 Å². The van der Waals surface area contributed by atoms with Gasteiger partial charge in [0.25, 0.3) is 0 Å². The average molecular weight is 253 g/mol. The SMILES string of the molecule is CC(C)N(C)C(=O)CSc1ccc(CO)cc1. The van der Waals surface area contributed by atoms with Crippen LogP contribution in [-0.2, 0) is 11.4 Å². The molecule has 0 spiro atoms. The summed E-state index contributed by atoms with van der Waals surface area (Å²) in [5, 5.41) is 8.91. The third-order valence-corrected chi connectivity index (χ3v) is 3.63. The van der Waals surface area contributed by atoms with Gasteiger partial charge in [-0.1, -0.05) is 12.1 Å². The van der Waals surface area contributed by atoms with Gasteiger partial charge in [0.05, 0.1) is 12.4 Å². The van der Waals surface area contributed by atoms with Crippen molar-refractivity contribution < 1.29 is 9.90 Å². The Morgan fingerprint density at radius 3 is 2.41 bits per heavy atom. The van der Waals surface area contributed by atoms with Gasteiger partial charge < -0.3 is 10.0 Å². The highest BCUT2D eigenvalue weighted by molar-refractivity contribution is 8.00. The molecule has 0 aromatic heterocycles. The van der Waals surface area contributed by atoms with E-state index in [-0.39, 0.29) is 18.6 Å². The minimum atomic E-state index is 0.0555. The van der Waals surface area contributed by atoms with Crippen LogP contribution >= 0.6 is 11.8 Å². The molecule has 1 aromatic carbocycles. The summed E-state index contributed by atoms with van der Waals surface area (Å²) in [7, 11) is 1.82. The smallest absolute Gasteiger partial charge is 0.232 e. The van der Waals surface area contributed by atoms with E-state index in [0.717, 1.165) is 10.5 Å². The van der Waals surface area contributed by atoms with Crippen LogP contribution in [0.3, 0.4) is 0 Å². The van der Waals surface area contributed by atoms with Gasteiger partial charge in [-0.3, -0.25) is 4.79 Å². The summed E-state index contributed by atoms with van der Waals surface area (Å²) in [4.78, 5) is 14.5. The Hall–Kier alpha value is -1.00. The number of amides is 1. The molecule has 1 N–H and O–H groups in total. The zero-order chi connectivity index (χ0) is 12.8.